The summed E-state index contributed by atoms with van der Waals surface area (Å²) >= 11 is 0. The van der Waals surface area contributed by atoms with E-state index in [9.17, 15) is 0 Å². The third-order valence-electron chi connectivity index (χ3n) is 6.67. The molecule has 2 heterocycles. The molecule has 0 radical (unpaired) electrons. The van der Waals surface area contributed by atoms with E-state index >= 15 is 0 Å². The Kier molecular flexibility index (Phi) is 6.12. The molecule has 0 spiro atoms. The zero-order valence-electron chi connectivity index (χ0n) is 19.9. The molecule has 6 nitrogen and oxygen atoms in total. The molecule has 8 heteroatoms. The van der Waals surface area contributed by atoms with Gasteiger partial charge in [-0.15, -0.1) is 0 Å². The van der Waals surface area contributed by atoms with Crippen LogP contribution >= 0.6 is 0 Å². The average molecular weight is 482 g/mol. The van der Waals surface area contributed by atoms with Crippen LogP contribution in [0.15, 0.2) is 84.9 Å². The minimum Gasteiger partial charge on any atom is -0.457 e. The molecule has 0 aromatic heterocycles. The lowest BCUT2D eigenvalue weighted by Crippen LogP contribution is -2.39. The van der Waals surface area contributed by atoms with Crippen LogP contribution < -0.4 is 20.4 Å². The van der Waals surface area contributed by atoms with Crippen molar-refractivity contribution in [2.75, 3.05) is 0 Å². The first-order valence-corrected chi connectivity index (χ1v) is 12.0. The maximum absolute atomic E-state index is 8.96. The Morgan fingerprint density at radius 1 is 0.595 bits per heavy atom. The Bertz CT molecular complexity index is 1430. The van der Waals surface area contributed by atoms with Gasteiger partial charge in [-0.05, 0) is 101 Å². The molecule has 2 aliphatic rings. The van der Waals surface area contributed by atoms with Gasteiger partial charge in [0, 0.05) is 0 Å². The molecule has 37 heavy (non-hydrogen) atoms. The third-order valence-corrected chi connectivity index (χ3v) is 6.67. The van der Waals surface area contributed by atoms with E-state index in [1.54, 1.807) is 48.5 Å². The van der Waals surface area contributed by atoms with Crippen LogP contribution in [0.2, 0.25) is 6.22 Å². The molecule has 4 aromatic rings. The van der Waals surface area contributed by atoms with Crippen LogP contribution in [0.25, 0.3) is 0 Å². The zero-order chi connectivity index (χ0) is 25.2. The second-order valence-electron chi connectivity index (χ2n) is 9.03. The smallest absolute Gasteiger partial charge is 0.323 e. The van der Waals surface area contributed by atoms with Gasteiger partial charge in [0.1, 0.15) is 23.0 Å². The SMILES string of the molecule is N#Cc1ccc(Oc2ccc3c(c2)COB3CB2OCc3cc(Oc4ccc(C#N)cc4)ccc32)cc1. The van der Waals surface area contributed by atoms with E-state index < -0.39 is 0 Å². The highest BCUT2D eigenvalue weighted by molar-refractivity contribution is 6.85. The summed E-state index contributed by atoms with van der Waals surface area (Å²) in [6.07, 6.45) is 0.728. The van der Waals surface area contributed by atoms with E-state index in [0.29, 0.717) is 35.8 Å². The quantitative estimate of drug-likeness (QED) is 0.371. The summed E-state index contributed by atoms with van der Waals surface area (Å²) < 4.78 is 24.2. The summed E-state index contributed by atoms with van der Waals surface area (Å²) in [6, 6.07) is 30.4. The van der Waals surface area contributed by atoms with Gasteiger partial charge < -0.3 is 18.8 Å². The van der Waals surface area contributed by atoms with Gasteiger partial charge in [-0.1, -0.05) is 12.1 Å². The van der Waals surface area contributed by atoms with Gasteiger partial charge in [0.25, 0.3) is 0 Å². The molecular formula is C29H20B2N2O4. The lowest BCUT2D eigenvalue weighted by atomic mass is 9.40. The fourth-order valence-electron chi connectivity index (χ4n) is 4.78. The van der Waals surface area contributed by atoms with Gasteiger partial charge >= 0.3 is 13.8 Å². The molecule has 0 aliphatic carbocycles. The Balaban J connectivity index is 1.12. The summed E-state index contributed by atoms with van der Waals surface area (Å²) in [6.45, 7) is 0.956. The fourth-order valence-corrected chi connectivity index (χ4v) is 4.78. The minimum absolute atomic E-state index is 0.0514. The van der Waals surface area contributed by atoms with Crippen molar-refractivity contribution in [2.45, 2.75) is 19.4 Å². The van der Waals surface area contributed by atoms with Crippen LogP contribution in [0.4, 0.5) is 0 Å². The fraction of sp³-hybridized carbons (Fsp3) is 0.103. The van der Waals surface area contributed by atoms with Crippen LogP contribution in [0.1, 0.15) is 22.3 Å². The predicted octanol–water partition coefficient (Wildman–Crippen LogP) is 4.71. The molecule has 4 aromatic carbocycles. The maximum Gasteiger partial charge on any atom is 0.323 e. The summed E-state index contributed by atoms with van der Waals surface area (Å²) in [5, 5.41) is 17.9. The molecule has 0 saturated carbocycles. The van der Waals surface area contributed by atoms with Crippen LogP contribution in [0.3, 0.4) is 0 Å². The average Bonchev–Trinajstić information content (AvgIpc) is 3.53. The Morgan fingerprint density at radius 2 is 1.00 bits per heavy atom. The first-order valence-electron chi connectivity index (χ1n) is 12.0. The lowest BCUT2D eigenvalue weighted by molar-refractivity contribution is 0.319. The van der Waals surface area contributed by atoms with Gasteiger partial charge in [-0.25, -0.2) is 0 Å². The Hall–Kier alpha value is -4.49. The summed E-state index contributed by atoms with van der Waals surface area (Å²) in [7, 11) is 0. The van der Waals surface area contributed by atoms with Crippen molar-refractivity contribution < 1.29 is 18.8 Å². The molecule has 0 bridgehead atoms. The first-order chi connectivity index (χ1) is 18.2. The molecule has 0 unspecified atom stereocenters. The zero-order valence-corrected chi connectivity index (χ0v) is 19.9. The van der Waals surface area contributed by atoms with Gasteiger partial charge in [0.2, 0.25) is 0 Å². The van der Waals surface area contributed by atoms with E-state index in [2.05, 4.69) is 24.3 Å². The second kappa shape index (κ2) is 9.87. The van der Waals surface area contributed by atoms with Crippen molar-refractivity contribution in [3.8, 4) is 35.1 Å². The number of nitrogens with zero attached hydrogens (tertiary/aromatic N) is 2. The number of nitriles is 2. The van der Waals surface area contributed by atoms with E-state index in [-0.39, 0.29) is 13.8 Å². The topological polar surface area (TPSA) is 84.5 Å². The van der Waals surface area contributed by atoms with Gasteiger partial charge in [-0.2, -0.15) is 10.5 Å². The van der Waals surface area contributed by atoms with Gasteiger partial charge in [0.05, 0.1) is 36.5 Å². The van der Waals surface area contributed by atoms with E-state index in [4.69, 9.17) is 29.3 Å². The number of hydrogen-bond donors (Lipinski definition) is 0. The summed E-state index contributed by atoms with van der Waals surface area (Å²) in [5.41, 5.74) is 5.74. The minimum atomic E-state index is -0.0514. The standard InChI is InChI=1S/C29H20B2N2O4/c32-15-20-1-5-24(6-2-20)36-26-9-11-28-22(13-26)17-34-30(28)19-31-29-12-10-27(14-23(29)18-35-31)37-25-7-3-21(16-33)4-8-25/h1-14H,17-19H2. The molecule has 0 amide bonds. The summed E-state index contributed by atoms with van der Waals surface area (Å²) in [5.74, 6) is 2.86. The van der Waals surface area contributed by atoms with Crippen molar-refractivity contribution in [1.82, 2.24) is 0 Å². The number of ether oxygens (including phenoxy) is 2. The van der Waals surface area contributed by atoms with Crippen LogP contribution in [-0.2, 0) is 22.5 Å². The highest BCUT2D eigenvalue weighted by Gasteiger charge is 2.37. The molecular weight excluding hydrogens is 462 g/mol. The van der Waals surface area contributed by atoms with Crippen molar-refractivity contribution in [2.24, 2.45) is 0 Å². The van der Waals surface area contributed by atoms with Gasteiger partial charge in [-0.3, -0.25) is 0 Å². The first kappa shape index (κ1) is 22.9. The second-order valence-corrected chi connectivity index (χ2v) is 9.03. The largest absolute Gasteiger partial charge is 0.457 e. The monoisotopic (exact) mass is 482 g/mol. The van der Waals surface area contributed by atoms with Crippen molar-refractivity contribution in [3.05, 3.63) is 107 Å². The van der Waals surface area contributed by atoms with Gasteiger partial charge in [0.15, 0.2) is 0 Å². The molecule has 6 rings (SSSR count). The van der Waals surface area contributed by atoms with E-state index in [1.807, 2.05) is 24.3 Å². The summed E-state index contributed by atoms with van der Waals surface area (Å²) in [4.78, 5) is 0. The molecule has 176 valence electrons. The molecule has 2 aliphatic heterocycles. The van der Waals surface area contributed by atoms with Crippen molar-refractivity contribution in [1.29, 1.82) is 10.5 Å². The van der Waals surface area contributed by atoms with Crippen molar-refractivity contribution in [3.63, 3.8) is 0 Å². The normalized spacial score (nSPS) is 13.5. The number of fused-ring (bicyclic) bond motifs is 2. The van der Waals surface area contributed by atoms with Crippen LogP contribution in [-0.4, -0.2) is 13.8 Å². The Morgan fingerprint density at radius 3 is 1.41 bits per heavy atom. The maximum atomic E-state index is 8.96. The molecule has 0 atom stereocenters. The van der Waals surface area contributed by atoms with Crippen molar-refractivity contribution >= 4 is 24.8 Å². The predicted molar refractivity (Wildman–Crippen MR) is 141 cm³/mol. The number of rotatable bonds is 6. The highest BCUT2D eigenvalue weighted by Crippen LogP contribution is 2.28. The molecule has 0 fully saturated rings. The van der Waals surface area contributed by atoms with Crippen LogP contribution in [0, 0.1) is 22.7 Å². The Labute approximate surface area is 215 Å². The molecule has 0 saturated heterocycles. The lowest BCUT2D eigenvalue weighted by Gasteiger charge is -2.12. The van der Waals surface area contributed by atoms with E-state index in [1.165, 1.54) is 0 Å². The highest BCUT2D eigenvalue weighted by atomic mass is 16.5. The number of benzene rings is 4. The van der Waals surface area contributed by atoms with E-state index in [0.717, 1.165) is 39.8 Å². The van der Waals surface area contributed by atoms with Crippen LogP contribution in [0.5, 0.6) is 23.0 Å². The molecule has 0 N–H and O–H groups in total. The third kappa shape index (κ3) is 4.81. The number of hydrogen-bond acceptors (Lipinski definition) is 6.